The smallest absolute Gasteiger partial charge is 0.253 e. The van der Waals surface area contributed by atoms with Crippen LogP contribution < -0.4 is 10.6 Å². The number of rotatable bonds is 1. The van der Waals surface area contributed by atoms with Crippen LogP contribution in [0, 0.1) is 0 Å². The van der Waals surface area contributed by atoms with Crippen molar-refractivity contribution in [2.24, 2.45) is 0 Å². The molecule has 0 spiro atoms. The van der Waals surface area contributed by atoms with Gasteiger partial charge in [0.1, 0.15) is 6.61 Å². The Bertz CT molecular complexity index is 492. The Morgan fingerprint density at radius 1 is 1.43 bits per heavy atom. The van der Waals surface area contributed by atoms with E-state index in [1.165, 1.54) is 4.90 Å². The quantitative estimate of drug-likeness (QED) is 0.670. The molecule has 4 heteroatoms. The third kappa shape index (κ3) is 1.70. The predicted octanol–water partition coefficient (Wildman–Crippen LogP) is 0.632. The molecular weight excluding hydrogens is 180 g/mol. The van der Waals surface area contributed by atoms with Crippen molar-refractivity contribution in [2.45, 2.75) is 0 Å². The number of nitrogens with zero attached hydrogens (tertiary/aromatic N) is 1. The third-order valence-corrected chi connectivity index (χ3v) is 1.89. The van der Waals surface area contributed by atoms with Crippen molar-refractivity contribution in [3.63, 3.8) is 0 Å². The van der Waals surface area contributed by atoms with E-state index >= 15 is 0 Å². The molecule has 0 aromatic heterocycles. The molecule has 14 heavy (non-hydrogen) atoms. The zero-order chi connectivity index (χ0) is 13.4. The lowest BCUT2D eigenvalue weighted by Crippen LogP contribution is -2.41. The number of nitrogen functional groups attached to an aromatic ring is 1. The monoisotopic (exact) mass is 196 g/mol. The standard InChI is InChI=1S/C10H12N2O2/c11-8-1-3-9(4-2-8)12-5-6-14-7-10(12)13/h1-4H,5-7,11H2/i1D,2D,3D,4D. The van der Waals surface area contributed by atoms with Crippen LogP contribution in [0.2, 0.25) is 0 Å². The highest BCUT2D eigenvalue weighted by Crippen LogP contribution is 2.17. The molecule has 1 aliphatic rings. The minimum atomic E-state index is -0.383. The number of carbonyl (C=O) groups is 1. The molecule has 1 heterocycles. The van der Waals surface area contributed by atoms with Gasteiger partial charge in [0.05, 0.1) is 12.1 Å². The second-order valence-electron chi connectivity index (χ2n) is 2.86. The van der Waals surface area contributed by atoms with Gasteiger partial charge in [-0.1, -0.05) is 0 Å². The first-order valence-corrected chi connectivity index (χ1v) is 4.19. The molecule has 1 fully saturated rings. The van der Waals surface area contributed by atoms with E-state index in [0.717, 1.165) is 0 Å². The number of carbonyl (C=O) groups excluding carboxylic acids is 1. The summed E-state index contributed by atoms with van der Waals surface area (Å²) in [7, 11) is 0. The van der Waals surface area contributed by atoms with Gasteiger partial charge >= 0.3 is 0 Å². The Balaban J connectivity index is 2.60. The van der Waals surface area contributed by atoms with E-state index in [1.807, 2.05) is 0 Å². The van der Waals surface area contributed by atoms with E-state index in [9.17, 15) is 4.79 Å². The van der Waals surface area contributed by atoms with Gasteiger partial charge in [-0.3, -0.25) is 4.79 Å². The van der Waals surface area contributed by atoms with Gasteiger partial charge in [0.2, 0.25) is 0 Å². The first kappa shape index (κ1) is 5.36. The van der Waals surface area contributed by atoms with E-state index in [1.54, 1.807) is 0 Å². The van der Waals surface area contributed by atoms with E-state index in [-0.39, 0.29) is 54.6 Å². The van der Waals surface area contributed by atoms with Crippen LogP contribution >= 0.6 is 0 Å². The molecular formula is C10H12N2O2. The van der Waals surface area contributed by atoms with Crippen molar-refractivity contribution in [3.05, 3.63) is 24.2 Å². The van der Waals surface area contributed by atoms with Crippen molar-refractivity contribution in [3.8, 4) is 0 Å². The number of nitrogens with two attached hydrogens (primary N) is 1. The van der Waals surface area contributed by atoms with Gasteiger partial charge in [0.15, 0.2) is 0 Å². The number of hydrogen-bond acceptors (Lipinski definition) is 3. The molecule has 1 amide bonds. The Morgan fingerprint density at radius 2 is 2.14 bits per heavy atom. The van der Waals surface area contributed by atoms with E-state index < -0.39 is 0 Å². The highest BCUT2D eigenvalue weighted by atomic mass is 16.5. The molecule has 4 nitrogen and oxygen atoms in total. The second kappa shape index (κ2) is 3.67. The lowest BCUT2D eigenvalue weighted by atomic mass is 10.2. The average Bonchev–Trinajstić information content (AvgIpc) is 2.36. The van der Waals surface area contributed by atoms with Crippen molar-refractivity contribution in [2.75, 3.05) is 30.4 Å². The maximum atomic E-state index is 11.7. The SMILES string of the molecule is [2H]c1c([2H])c(N2CCOCC2=O)c([2H])c([2H])c1N. The molecule has 0 aliphatic carbocycles. The number of benzene rings is 1. The van der Waals surface area contributed by atoms with Gasteiger partial charge in [0, 0.05) is 17.9 Å². The number of ether oxygens (including phenoxy) is 1. The van der Waals surface area contributed by atoms with Gasteiger partial charge in [0.25, 0.3) is 5.91 Å². The molecule has 1 aliphatic heterocycles. The first-order valence-electron chi connectivity index (χ1n) is 6.19. The topological polar surface area (TPSA) is 55.6 Å². The van der Waals surface area contributed by atoms with Gasteiger partial charge in [-0.2, -0.15) is 0 Å². The predicted molar refractivity (Wildman–Crippen MR) is 54.0 cm³/mol. The van der Waals surface area contributed by atoms with Crippen LogP contribution in [0.25, 0.3) is 0 Å². The van der Waals surface area contributed by atoms with Gasteiger partial charge in [-0.05, 0) is 24.2 Å². The number of morpholine rings is 1. The summed E-state index contributed by atoms with van der Waals surface area (Å²) in [5.41, 5.74) is 5.23. The zero-order valence-electron chi connectivity index (χ0n) is 11.5. The van der Waals surface area contributed by atoms with Gasteiger partial charge in [-0.15, -0.1) is 0 Å². The molecule has 1 aromatic rings. The van der Waals surface area contributed by atoms with E-state index in [2.05, 4.69) is 0 Å². The fraction of sp³-hybridized carbons (Fsp3) is 0.300. The molecule has 2 N–H and O–H groups in total. The number of hydrogen-bond donors (Lipinski definition) is 1. The second-order valence-corrected chi connectivity index (χ2v) is 2.86. The normalized spacial score (nSPS) is 21.1. The Labute approximate surface area is 87.9 Å². The number of amides is 1. The molecule has 1 aromatic carbocycles. The minimum absolute atomic E-state index is 0.0347. The van der Waals surface area contributed by atoms with E-state index in [0.29, 0.717) is 6.61 Å². The summed E-state index contributed by atoms with van der Waals surface area (Å²) in [6.45, 7) is 0.388. The summed E-state index contributed by atoms with van der Waals surface area (Å²) in [4.78, 5) is 12.9. The van der Waals surface area contributed by atoms with Crippen LogP contribution in [0.5, 0.6) is 0 Å². The number of anilines is 2. The van der Waals surface area contributed by atoms with Crippen LogP contribution in [-0.4, -0.2) is 25.7 Å². The Hall–Kier alpha value is -1.55. The van der Waals surface area contributed by atoms with Gasteiger partial charge in [-0.25, -0.2) is 0 Å². The Kier molecular flexibility index (Phi) is 1.41. The average molecular weight is 196 g/mol. The molecule has 0 radical (unpaired) electrons. The van der Waals surface area contributed by atoms with Gasteiger partial charge < -0.3 is 15.4 Å². The van der Waals surface area contributed by atoms with Crippen LogP contribution in [0.3, 0.4) is 0 Å². The molecule has 0 atom stereocenters. The summed E-state index contributed by atoms with van der Waals surface area (Å²) >= 11 is 0. The summed E-state index contributed by atoms with van der Waals surface area (Å²) in [6.07, 6.45) is 0. The summed E-state index contributed by atoms with van der Waals surface area (Å²) in [5, 5.41) is 0. The molecule has 0 bridgehead atoms. The fourth-order valence-corrected chi connectivity index (χ4v) is 1.20. The summed E-state index contributed by atoms with van der Waals surface area (Å²) < 4.78 is 35.8. The van der Waals surface area contributed by atoms with Crippen molar-refractivity contribution in [1.82, 2.24) is 0 Å². The molecule has 0 unspecified atom stereocenters. The van der Waals surface area contributed by atoms with Crippen molar-refractivity contribution in [1.29, 1.82) is 0 Å². The van der Waals surface area contributed by atoms with Crippen LogP contribution in [0.4, 0.5) is 11.4 Å². The fourth-order valence-electron chi connectivity index (χ4n) is 1.20. The van der Waals surface area contributed by atoms with Crippen molar-refractivity contribution < 1.29 is 15.0 Å². The van der Waals surface area contributed by atoms with Crippen LogP contribution in [-0.2, 0) is 9.53 Å². The highest BCUT2D eigenvalue weighted by Gasteiger charge is 2.19. The molecule has 1 saturated heterocycles. The maximum Gasteiger partial charge on any atom is 0.253 e. The summed E-state index contributed by atoms with van der Waals surface area (Å²) in [6, 6.07) is -1.26. The Morgan fingerprint density at radius 3 is 2.79 bits per heavy atom. The lowest BCUT2D eigenvalue weighted by Gasteiger charge is -2.26. The minimum Gasteiger partial charge on any atom is -0.399 e. The van der Waals surface area contributed by atoms with Crippen molar-refractivity contribution >= 4 is 17.3 Å². The summed E-state index contributed by atoms with van der Waals surface area (Å²) in [5.74, 6) is -0.383. The molecule has 2 rings (SSSR count). The van der Waals surface area contributed by atoms with Crippen LogP contribution in [0.1, 0.15) is 5.48 Å². The van der Waals surface area contributed by atoms with E-state index in [4.69, 9.17) is 16.0 Å². The molecule has 74 valence electrons. The van der Waals surface area contributed by atoms with Crippen LogP contribution in [0.15, 0.2) is 24.2 Å². The first-order chi connectivity index (χ1) is 8.45. The highest BCUT2D eigenvalue weighted by molar-refractivity contribution is 5.94. The molecule has 0 saturated carbocycles. The zero-order valence-corrected chi connectivity index (χ0v) is 7.46. The maximum absolute atomic E-state index is 11.7. The lowest BCUT2D eigenvalue weighted by molar-refractivity contribution is -0.125. The largest absolute Gasteiger partial charge is 0.399 e. The third-order valence-electron chi connectivity index (χ3n) is 1.89.